The predicted octanol–water partition coefficient (Wildman–Crippen LogP) is 4.76. The SMILES string of the molecule is CC[C@H](C)[C@@H]([C@@H](CC(=O)N1CCC[C@H]1[C@H](SC)[C@@H](C)C(=O)N(C)CCc1cccc(O)c1)OC)N(C)C(=O)[C@@H](NC(=O)[C@H](C(C)C)N(C)C)C(C)C. The van der Waals surface area contributed by atoms with Crippen LogP contribution in [0.15, 0.2) is 24.3 Å². The summed E-state index contributed by atoms with van der Waals surface area (Å²) in [5, 5.41) is 12.8. The second-order valence-electron chi connectivity index (χ2n) is 15.7. The zero-order valence-electron chi connectivity index (χ0n) is 34.2. The van der Waals surface area contributed by atoms with Crippen molar-refractivity contribution >= 4 is 35.4 Å². The quantitative estimate of drug-likeness (QED) is 0.196. The second kappa shape index (κ2) is 21.2. The van der Waals surface area contributed by atoms with Crippen molar-refractivity contribution < 1.29 is 29.0 Å². The molecule has 0 aromatic heterocycles. The Morgan fingerprint density at radius 2 is 1.67 bits per heavy atom. The largest absolute Gasteiger partial charge is 0.508 e. The number of nitrogens with zero attached hydrogens (tertiary/aromatic N) is 4. The van der Waals surface area contributed by atoms with Crippen molar-refractivity contribution in [2.75, 3.05) is 54.6 Å². The highest BCUT2D eigenvalue weighted by Gasteiger charge is 2.43. The van der Waals surface area contributed by atoms with E-state index >= 15 is 0 Å². The summed E-state index contributed by atoms with van der Waals surface area (Å²) in [5.74, 6) is -0.582. The third-order valence-electron chi connectivity index (χ3n) is 10.9. The first kappa shape index (κ1) is 45.3. The molecule has 0 saturated carbocycles. The molecule has 2 rings (SSSR count). The molecule has 0 aliphatic carbocycles. The van der Waals surface area contributed by atoms with E-state index in [1.165, 1.54) is 0 Å². The number of amides is 4. The Kier molecular flexibility index (Phi) is 18.4. The summed E-state index contributed by atoms with van der Waals surface area (Å²) in [6.45, 7) is 15.1. The van der Waals surface area contributed by atoms with Gasteiger partial charge in [0.15, 0.2) is 0 Å². The summed E-state index contributed by atoms with van der Waals surface area (Å²) in [4.78, 5) is 62.8. The molecular weight excluding hydrogens is 679 g/mol. The first-order valence-electron chi connectivity index (χ1n) is 19.0. The predicted molar refractivity (Wildman–Crippen MR) is 211 cm³/mol. The van der Waals surface area contributed by atoms with Gasteiger partial charge in [-0.1, -0.05) is 67.0 Å². The van der Waals surface area contributed by atoms with Crippen LogP contribution in [0.4, 0.5) is 0 Å². The van der Waals surface area contributed by atoms with Gasteiger partial charge in [0, 0.05) is 51.5 Å². The lowest BCUT2D eigenvalue weighted by atomic mass is 9.89. The topological polar surface area (TPSA) is 123 Å². The molecule has 12 heteroatoms. The van der Waals surface area contributed by atoms with Crippen molar-refractivity contribution in [1.82, 2.24) is 24.9 Å². The minimum atomic E-state index is -0.735. The molecule has 296 valence electrons. The molecule has 0 unspecified atom stereocenters. The van der Waals surface area contributed by atoms with Gasteiger partial charge in [0.25, 0.3) is 0 Å². The van der Waals surface area contributed by atoms with Crippen LogP contribution >= 0.6 is 11.8 Å². The lowest BCUT2D eigenvalue weighted by Crippen LogP contribution is -2.59. The van der Waals surface area contributed by atoms with Crippen molar-refractivity contribution in [3.8, 4) is 5.75 Å². The number of hydrogen-bond donors (Lipinski definition) is 2. The van der Waals surface area contributed by atoms with Gasteiger partial charge >= 0.3 is 0 Å². The van der Waals surface area contributed by atoms with Crippen LogP contribution in [0, 0.1) is 23.7 Å². The molecule has 1 aliphatic rings. The summed E-state index contributed by atoms with van der Waals surface area (Å²) in [6, 6.07) is 5.47. The fourth-order valence-electron chi connectivity index (χ4n) is 7.87. The van der Waals surface area contributed by atoms with Gasteiger partial charge in [-0.15, -0.1) is 0 Å². The zero-order chi connectivity index (χ0) is 39.4. The number of carbonyl (C=O) groups excluding carboxylic acids is 4. The molecule has 1 aromatic rings. The van der Waals surface area contributed by atoms with Gasteiger partial charge in [0.05, 0.1) is 24.6 Å². The number of rotatable bonds is 20. The Balaban J connectivity index is 2.24. The summed E-state index contributed by atoms with van der Waals surface area (Å²) < 4.78 is 6.05. The number of phenols is 1. The molecule has 4 amide bonds. The van der Waals surface area contributed by atoms with Crippen molar-refractivity contribution in [2.24, 2.45) is 23.7 Å². The van der Waals surface area contributed by atoms with Crippen molar-refractivity contribution in [3.63, 3.8) is 0 Å². The molecule has 52 heavy (non-hydrogen) atoms. The number of ether oxygens (including phenoxy) is 1. The maximum absolute atomic E-state index is 14.2. The van der Waals surface area contributed by atoms with Crippen LogP contribution in [0.25, 0.3) is 0 Å². The van der Waals surface area contributed by atoms with Gasteiger partial charge in [-0.25, -0.2) is 0 Å². The van der Waals surface area contributed by atoms with E-state index in [9.17, 15) is 24.3 Å². The monoisotopic (exact) mass is 747 g/mol. The number of benzene rings is 1. The van der Waals surface area contributed by atoms with Crippen molar-refractivity contribution in [1.29, 1.82) is 0 Å². The third-order valence-corrected chi connectivity index (χ3v) is 12.2. The molecule has 0 spiro atoms. The van der Waals surface area contributed by atoms with Gasteiger partial charge < -0.3 is 29.9 Å². The first-order valence-corrected chi connectivity index (χ1v) is 20.3. The number of carbonyl (C=O) groups is 4. The van der Waals surface area contributed by atoms with E-state index in [1.807, 2.05) is 77.9 Å². The zero-order valence-corrected chi connectivity index (χ0v) is 35.0. The van der Waals surface area contributed by atoms with E-state index < -0.39 is 18.2 Å². The van der Waals surface area contributed by atoms with E-state index in [4.69, 9.17) is 4.74 Å². The van der Waals surface area contributed by atoms with Crippen molar-refractivity contribution in [3.05, 3.63) is 29.8 Å². The molecule has 8 atom stereocenters. The summed E-state index contributed by atoms with van der Waals surface area (Å²) >= 11 is 1.63. The third kappa shape index (κ3) is 11.8. The molecule has 1 heterocycles. The average molecular weight is 748 g/mol. The van der Waals surface area contributed by atoms with Crippen LogP contribution in [0.3, 0.4) is 0 Å². The summed E-state index contributed by atoms with van der Waals surface area (Å²) in [6.07, 6.45) is 4.60. The van der Waals surface area contributed by atoms with Gasteiger partial charge in [-0.2, -0.15) is 11.8 Å². The molecule has 0 radical (unpaired) electrons. The number of likely N-dealkylation sites (N-methyl/N-ethyl adjacent to an activating group) is 3. The highest BCUT2D eigenvalue weighted by molar-refractivity contribution is 7.99. The summed E-state index contributed by atoms with van der Waals surface area (Å²) in [7, 11) is 8.90. The molecule has 0 bridgehead atoms. The molecule has 1 saturated heterocycles. The Morgan fingerprint density at radius 3 is 2.19 bits per heavy atom. The minimum Gasteiger partial charge on any atom is -0.508 e. The number of thioether (sulfide) groups is 1. The molecule has 1 aromatic carbocycles. The fraction of sp³-hybridized carbons (Fsp3) is 0.750. The number of likely N-dealkylation sites (tertiary alicyclic amines) is 1. The fourth-order valence-corrected chi connectivity index (χ4v) is 8.99. The van der Waals surface area contributed by atoms with E-state index in [-0.39, 0.29) is 76.8 Å². The van der Waals surface area contributed by atoms with Crippen molar-refractivity contribution in [2.45, 2.75) is 116 Å². The van der Waals surface area contributed by atoms with Gasteiger partial charge in [0.1, 0.15) is 11.8 Å². The normalized spacial score (nSPS) is 18.8. The van der Waals surface area contributed by atoms with Crippen LogP contribution in [0.5, 0.6) is 5.75 Å². The Hall–Kier alpha value is -2.83. The molecular formula is C40H69N5O6S. The highest BCUT2D eigenvalue weighted by atomic mass is 32.2. The lowest BCUT2D eigenvalue weighted by molar-refractivity contribution is -0.146. The van der Waals surface area contributed by atoms with Crippen LogP contribution in [0.2, 0.25) is 0 Å². The van der Waals surface area contributed by atoms with Gasteiger partial charge in [-0.05, 0) is 75.1 Å². The maximum atomic E-state index is 14.2. The Bertz CT molecular complexity index is 1300. The molecule has 1 fully saturated rings. The molecule has 11 nitrogen and oxygen atoms in total. The number of hydrogen-bond acceptors (Lipinski definition) is 8. The van der Waals surface area contributed by atoms with Crippen LogP contribution in [-0.2, 0) is 30.3 Å². The van der Waals surface area contributed by atoms with E-state index in [0.717, 1.165) is 24.8 Å². The standard InChI is InChI=1S/C40H69N5O6S/c1-14-27(6)36(44(11)40(50)34(25(2)3)41-38(48)35(26(4)5)42(8)9)32(51-12)24-33(47)45-21-16-19-31(45)37(52-13)28(7)39(49)43(10)22-20-29-17-15-18-30(46)23-29/h15,17-18,23,25-28,31-32,34-37,46H,14,16,19-22,24H2,1-13H3,(H,41,48)/t27-,28+,31-,32+,34-,35-,36-,37+/m0/s1. The van der Waals surface area contributed by atoms with E-state index in [2.05, 4.69) is 19.2 Å². The smallest absolute Gasteiger partial charge is 0.245 e. The van der Waals surface area contributed by atoms with Gasteiger partial charge in [-0.3, -0.25) is 24.1 Å². The lowest BCUT2D eigenvalue weighted by Gasteiger charge is -2.41. The molecule has 2 N–H and O–H groups in total. The number of phenolic OH excluding ortho intramolecular Hbond substituents is 1. The van der Waals surface area contributed by atoms with Crippen LogP contribution < -0.4 is 5.32 Å². The van der Waals surface area contributed by atoms with E-state index in [1.54, 1.807) is 53.9 Å². The summed E-state index contributed by atoms with van der Waals surface area (Å²) in [5.41, 5.74) is 0.964. The van der Waals surface area contributed by atoms with E-state index in [0.29, 0.717) is 19.5 Å². The molecule has 1 aliphatic heterocycles. The number of nitrogens with one attached hydrogen (secondary N) is 1. The average Bonchev–Trinajstić information content (AvgIpc) is 3.57. The Labute approximate surface area is 318 Å². The second-order valence-corrected chi connectivity index (χ2v) is 16.7. The van der Waals surface area contributed by atoms with Crippen LogP contribution in [-0.4, -0.2) is 139 Å². The van der Waals surface area contributed by atoms with Crippen LogP contribution in [0.1, 0.15) is 79.7 Å². The maximum Gasteiger partial charge on any atom is 0.245 e. The number of methoxy groups -OCH3 is 1. The Morgan fingerprint density at radius 1 is 1.02 bits per heavy atom. The first-order chi connectivity index (χ1) is 24.4. The highest BCUT2D eigenvalue weighted by Crippen LogP contribution is 2.34. The van der Waals surface area contributed by atoms with Gasteiger partial charge in [0.2, 0.25) is 23.6 Å². The number of aromatic hydroxyl groups is 1. The minimum absolute atomic E-state index is 0.0155.